The van der Waals surface area contributed by atoms with Gasteiger partial charge in [0.05, 0.1) is 30.9 Å². The van der Waals surface area contributed by atoms with Crippen molar-refractivity contribution in [2.45, 2.75) is 13.0 Å². The molecule has 4 nitrogen and oxygen atoms in total. The molecular weight excluding hydrogens is 226 g/mol. The van der Waals surface area contributed by atoms with Gasteiger partial charge in [0.2, 0.25) is 0 Å². The third-order valence-electron chi connectivity index (χ3n) is 3.33. The third kappa shape index (κ3) is 2.07. The molecule has 18 heavy (non-hydrogen) atoms. The molecule has 1 unspecified atom stereocenters. The van der Waals surface area contributed by atoms with Crippen LogP contribution < -0.4 is 0 Å². The van der Waals surface area contributed by atoms with Crippen LogP contribution in [0.3, 0.4) is 0 Å². The maximum atomic E-state index is 5.08. The zero-order valence-corrected chi connectivity index (χ0v) is 10.3. The summed E-state index contributed by atoms with van der Waals surface area (Å²) in [5.74, 6) is 0. The van der Waals surface area contributed by atoms with Crippen LogP contribution in [-0.2, 0) is 0 Å². The monoisotopic (exact) mass is 241 g/mol. The van der Waals surface area contributed by atoms with Crippen molar-refractivity contribution in [1.82, 2.24) is 9.88 Å². The minimum Gasteiger partial charge on any atom is -0.472 e. The van der Waals surface area contributed by atoms with Crippen LogP contribution in [0.5, 0.6) is 0 Å². The Morgan fingerprint density at radius 3 is 2.83 bits per heavy atom. The average molecular weight is 241 g/mol. The number of rotatable bonds is 3. The molecule has 0 aromatic carbocycles. The predicted octanol–water partition coefficient (Wildman–Crippen LogP) is 2.75. The molecule has 1 atom stereocenters. The maximum Gasteiger partial charge on any atom is 0.0981 e. The second-order valence-electron chi connectivity index (χ2n) is 4.44. The number of aliphatic imine (C=N–C) groups is 1. The van der Waals surface area contributed by atoms with Gasteiger partial charge in [0.25, 0.3) is 0 Å². The van der Waals surface area contributed by atoms with Crippen molar-refractivity contribution in [3.05, 3.63) is 42.6 Å². The van der Waals surface area contributed by atoms with E-state index in [1.807, 2.05) is 18.5 Å². The highest BCUT2D eigenvalue weighted by Gasteiger charge is 2.18. The topological polar surface area (TPSA) is 41.6 Å². The van der Waals surface area contributed by atoms with Gasteiger partial charge in [-0.15, -0.1) is 0 Å². The first-order chi connectivity index (χ1) is 8.84. The Balaban J connectivity index is 1.78. The number of nitrogens with zero attached hydrogens (tertiary/aromatic N) is 3. The molecular formula is C14H15N3O. The van der Waals surface area contributed by atoms with E-state index >= 15 is 0 Å². The summed E-state index contributed by atoms with van der Waals surface area (Å²) in [5.41, 5.74) is 3.22. The third-order valence-corrected chi connectivity index (χ3v) is 3.33. The Morgan fingerprint density at radius 1 is 1.28 bits per heavy atom. The lowest BCUT2D eigenvalue weighted by Crippen LogP contribution is -2.25. The van der Waals surface area contributed by atoms with Gasteiger partial charge in [-0.2, -0.15) is 0 Å². The molecule has 3 rings (SSSR count). The highest BCUT2D eigenvalue weighted by atomic mass is 16.3. The van der Waals surface area contributed by atoms with Crippen LogP contribution in [0.1, 0.15) is 18.7 Å². The molecule has 0 bridgehead atoms. The van der Waals surface area contributed by atoms with E-state index in [1.165, 1.54) is 0 Å². The average Bonchev–Trinajstić information content (AvgIpc) is 3.11. The fraction of sp³-hybridized carbons (Fsp3) is 0.286. The molecule has 2 aromatic heterocycles. The summed E-state index contributed by atoms with van der Waals surface area (Å²) >= 11 is 0. The van der Waals surface area contributed by atoms with Crippen LogP contribution in [0.25, 0.3) is 11.1 Å². The van der Waals surface area contributed by atoms with Crippen LogP contribution in [-0.4, -0.2) is 29.3 Å². The lowest BCUT2D eigenvalue weighted by atomic mass is 10.1. The Labute approximate surface area is 106 Å². The zero-order chi connectivity index (χ0) is 12.4. The molecule has 0 amide bonds. The first kappa shape index (κ1) is 11.2. The standard InChI is InChI=1S/C14H15N3O/c1-11(17-6-5-15-10-17)14-3-2-12(8-16-14)13-4-7-18-9-13/h2-5,7-9,11H,6,10H2,1H3. The van der Waals surface area contributed by atoms with Gasteiger partial charge in [-0.3, -0.25) is 14.9 Å². The van der Waals surface area contributed by atoms with E-state index in [4.69, 9.17) is 4.42 Å². The van der Waals surface area contributed by atoms with Gasteiger partial charge in [0.15, 0.2) is 0 Å². The summed E-state index contributed by atoms with van der Waals surface area (Å²) in [6.07, 6.45) is 7.26. The van der Waals surface area contributed by atoms with E-state index in [0.29, 0.717) is 6.04 Å². The van der Waals surface area contributed by atoms with Crippen LogP contribution in [0.2, 0.25) is 0 Å². The van der Waals surface area contributed by atoms with Crippen LogP contribution in [0.15, 0.2) is 46.3 Å². The molecule has 1 aliphatic heterocycles. The van der Waals surface area contributed by atoms with E-state index in [1.54, 1.807) is 12.5 Å². The minimum absolute atomic E-state index is 0.297. The van der Waals surface area contributed by atoms with Crippen LogP contribution in [0, 0.1) is 0 Å². The predicted molar refractivity (Wildman–Crippen MR) is 70.4 cm³/mol. The second kappa shape index (κ2) is 4.74. The summed E-state index contributed by atoms with van der Waals surface area (Å²) in [6.45, 7) is 3.84. The number of hydrogen-bond donors (Lipinski definition) is 0. The molecule has 92 valence electrons. The molecule has 0 spiro atoms. The Kier molecular flexibility index (Phi) is 2.94. The van der Waals surface area contributed by atoms with E-state index in [9.17, 15) is 0 Å². The van der Waals surface area contributed by atoms with Crippen molar-refractivity contribution in [1.29, 1.82) is 0 Å². The molecule has 4 heteroatoms. The van der Waals surface area contributed by atoms with Gasteiger partial charge >= 0.3 is 0 Å². The molecule has 3 heterocycles. The Morgan fingerprint density at radius 2 is 2.22 bits per heavy atom. The number of furan rings is 1. The van der Waals surface area contributed by atoms with Crippen molar-refractivity contribution in [3.63, 3.8) is 0 Å². The molecule has 0 radical (unpaired) electrons. The van der Waals surface area contributed by atoms with E-state index in [-0.39, 0.29) is 0 Å². The Bertz CT molecular complexity index is 523. The smallest absolute Gasteiger partial charge is 0.0981 e. The molecule has 0 saturated carbocycles. The van der Waals surface area contributed by atoms with E-state index in [2.05, 4.69) is 33.9 Å². The minimum atomic E-state index is 0.297. The number of aromatic nitrogens is 1. The highest BCUT2D eigenvalue weighted by Crippen LogP contribution is 2.23. The second-order valence-corrected chi connectivity index (χ2v) is 4.44. The molecule has 0 N–H and O–H groups in total. The fourth-order valence-corrected chi connectivity index (χ4v) is 2.10. The van der Waals surface area contributed by atoms with Crippen molar-refractivity contribution in [2.24, 2.45) is 4.99 Å². The molecule has 1 aliphatic rings. The number of pyridine rings is 1. The summed E-state index contributed by atoms with van der Waals surface area (Å²) < 4.78 is 5.08. The van der Waals surface area contributed by atoms with E-state index < -0.39 is 0 Å². The van der Waals surface area contributed by atoms with Crippen molar-refractivity contribution in [2.75, 3.05) is 13.2 Å². The van der Waals surface area contributed by atoms with Crippen molar-refractivity contribution in [3.8, 4) is 11.1 Å². The summed E-state index contributed by atoms with van der Waals surface area (Å²) in [5, 5.41) is 0. The lowest BCUT2D eigenvalue weighted by Gasteiger charge is -2.22. The molecule has 2 aromatic rings. The molecule has 0 saturated heterocycles. The van der Waals surface area contributed by atoms with Crippen molar-refractivity contribution < 1.29 is 4.42 Å². The van der Waals surface area contributed by atoms with Crippen LogP contribution >= 0.6 is 0 Å². The Hall–Kier alpha value is -1.94. The van der Waals surface area contributed by atoms with E-state index in [0.717, 1.165) is 30.0 Å². The first-order valence-electron chi connectivity index (χ1n) is 6.05. The zero-order valence-electron chi connectivity index (χ0n) is 10.3. The summed E-state index contributed by atoms with van der Waals surface area (Å²) in [6, 6.07) is 6.39. The van der Waals surface area contributed by atoms with Gasteiger partial charge in [-0.1, -0.05) is 6.07 Å². The van der Waals surface area contributed by atoms with Gasteiger partial charge in [0.1, 0.15) is 0 Å². The summed E-state index contributed by atoms with van der Waals surface area (Å²) in [7, 11) is 0. The first-order valence-corrected chi connectivity index (χ1v) is 6.05. The van der Waals surface area contributed by atoms with Crippen LogP contribution in [0.4, 0.5) is 0 Å². The lowest BCUT2D eigenvalue weighted by molar-refractivity contribution is 0.262. The fourth-order valence-electron chi connectivity index (χ4n) is 2.10. The largest absolute Gasteiger partial charge is 0.472 e. The number of hydrogen-bond acceptors (Lipinski definition) is 4. The highest BCUT2D eigenvalue weighted by molar-refractivity contribution is 5.62. The maximum absolute atomic E-state index is 5.08. The molecule has 0 aliphatic carbocycles. The quantitative estimate of drug-likeness (QED) is 0.829. The normalized spacial score (nSPS) is 17.2. The van der Waals surface area contributed by atoms with Gasteiger partial charge in [-0.05, 0) is 19.1 Å². The SMILES string of the molecule is CC(c1ccc(-c2ccoc2)cn1)N1CC=NC1. The van der Waals surface area contributed by atoms with Crippen molar-refractivity contribution >= 4 is 6.21 Å². The van der Waals surface area contributed by atoms with Gasteiger partial charge in [0, 0.05) is 30.1 Å². The summed E-state index contributed by atoms with van der Waals surface area (Å²) in [4.78, 5) is 11.0. The van der Waals surface area contributed by atoms with Gasteiger partial charge < -0.3 is 4.42 Å². The molecule has 0 fully saturated rings. The van der Waals surface area contributed by atoms with Gasteiger partial charge in [-0.25, -0.2) is 0 Å².